The monoisotopic (exact) mass is 394 g/mol. The van der Waals surface area contributed by atoms with Crippen molar-refractivity contribution in [3.05, 3.63) is 66.1 Å². The van der Waals surface area contributed by atoms with Crippen LogP contribution in [0.4, 0.5) is 17.5 Å². The molecule has 1 aromatic carbocycles. The van der Waals surface area contributed by atoms with E-state index in [1.165, 1.54) is 5.56 Å². The van der Waals surface area contributed by atoms with E-state index in [4.69, 9.17) is 0 Å². The normalized spacial score (nSPS) is 16.6. The molecule has 0 saturated heterocycles. The predicted molar refractivity (Wildman–Crippen MR) is 111 cm³/mol. The summed E-state index contributed by atoms with van der Waals surface area (Å²) < 4.78 is 15.4. The van der Waals surface area contributed by atoms with E-state index in [9.17, 15) is 4.21 Å². The number of rotatable bonds is 3. The average Bonchev–Trinajstić information content (AvgIpc) is 2.73. The van der Waals surface area contributed by atoms with Gasteiger partial charge in [-0.3, -0.25) is 4.98 Å². The molecule has 0 amide bonds. The first-order valence-corrected chi connectivity index (χ1v) is 10.4. The Labute approximate surface area is 166 Å². The number of hydrogen-bond donors (Lipinski definition) is 3. The molecule has 0 fully saturated rings. The van der Waals surface area contributed by atoms with Gasteiger partial charge in [0.1, 0.15) is 16.8 Å². The van der Waals surface area contributed by atoms with Crippen LogP contribution in [-0.2, 0) is 23.8 Å². The maximum Gasteiger partial charge on any atom is 0.229 e. The fourth-order valence-corrected chi connectivity index (χ4v) is 3.92. The summed E-state index contributed by atoms with van der Waals surface area (Å²) in [4.78, 5) is 14.1. The topological polar surface area (TPSA) is 91.8 Å². The van der Waals surface area contributed by atoms with E-state index in [1.807, 2.05) is 42.7 Å². The molecule has 0 saturated carbocycles. The van der Waals surface area contributed by atoms with Crippen molar-refractivity contribution in [2.24, 2.45) is 0 Å². The first-order chi connectivity index (χ1) is 13.8. The van der Waals surface area contributed by atoms with Crippen molar-refractivity contribution in [2.75, 3.05) is 23.7 Å². The van der Waals surface area contributed by atoms with Gasteiger partial charge in [0.2, 0.25) is 5.95 Å². The largest absolute Gasteiger partial charge is 0.370 e. The highest BCUT2D eigenvalue weighted by Gasteiger charge is 2.11. The molecule has 0 aliphatic carbocycles. The molecule has 144 valence electrons. The molecule has 3 aromatic rings. The number of pyridine rings is 1. The van der Waals surface area contributed by atoms with Crippen LogP contribution in [0.25, 0.3) is 0 Å². The molecule has 3 N–H and O–H groups in total. The molecule has 1 unspecified atom stereocenters. The Bertz CT molecular complexity index is 966. The quantitative estimate of drug-likeness (QED) is 0.633. The van der Waals surface area contributed by atoms with Gasteiger partial charge >= 0.3 is 0 Å². The second-order valence-corrected chi connectivity index (χ2v) is 7.82. The Morgan fingerprint density at radius 2 is 2.04 bits per heavy atom. The minimum Gasteiger partial charge on any atom is -0.370 e. The molecule has 4 bridgehead atoms. The van der Waals surface area contributed by atoms with E-state index in [0.717, 1.165) is 47.8 Å². The maximum atomic E-state index is 12.4. The number of aryl methyl sites for hydroxylation is 2. The summed E-state index contributed by atoms with van der Waals surface area (Å²) in [5, 5.41) is 6.61. The Morgan fingerprint density at radius 1 is 1.07 bits per heavy atom. The number of hydrogen-bond acceptors (Lipinski definition) is 6. The Morgan fingerprint density at radius 3 is 2.93 bits per heavy atom. The van der Waals surface area contributed by atoms with Gasteiger partial charge in [-0.2, -0.15) is 4.98 Å². The molecule has 8 heteroatoms. The van der Waals surface area contributed by atoms with Crippen molar-refractivity contribution in [3.8, 4) is 0 Å². The van der Waals surface area contributed by atoms with Crippen molar-refractivity contribution < 1.29 is 4.21 Å². The molecule has 4 rings (SSSR count). The van der Waals surface area contributed by atoms with Crippen LogP contribution >= 0.6 is 0 Å². The van der Waals surface area contributed by atoms with Gasteiger partial charge in [0, 0.05) is 42.9 Å². The van der Waals surface area contributed by atoms with Gasteiger partial charge in [0.15, 0.2) is 0 Å². The zero-order valence-corrected chi connectivity index (χ0v) is 16.2. The van der Waals surface area contributed by atoms with E-state index < -0.39 is 11.0 Å². The lowest BCUT2D eigenvalue weighted by Crippen LogP contribution is -2.21. The minimum atomic E-state index is -1.23. The van der Waals surface area contributed by atoms with Gasteiger partial charge < -0.3 is 10.6 Å². The summed E-state index contributed by atoms with van der Waals surface area (Å²) in [7, 11) is -1.23. The summed E-state index contributed by atoms with van der Waals surface area (Å²) in [6, 6.07) is 11.5. The van der Waals surface area contributed by atoms with Gasteiger partial charge in [-0.15, -0.1) is 0 Å². The standard InChI is InChI=1S/C20H22N6OS/c27-28-18-6-1-5-17(12-18)25-20-23-14-16(8-7-15-4-2-9-21-13-15)19(26-20)22-10-3-11-24-28/h1-2,4-6,9,12-14,24H,3,7-8,10-11H2,(H2,22,23,25,26). The number of benzene rings is 1. The van der Waals surface area contributed by atoms with Crippen LogP contribution in [0.2, 0.25) is 0 Å². The molecule has 1 aliphatic heterocycles. The third kappa shape index (κ3) is 4.71. The second-order valence-electron chi connectivity index (χ2n) is 6.52. The first-order valence-electron chi connectivity index (χ1n) is 9.29. The van der Waals surface area contributed by atoms with Crippen LogP contribution in [0.15, 0.2) is 59.9 Å². The third-order valence-corrected chi connectivity index (χ3v) is 5.60. The highest BCUT2D eigenvalue weighted by Crippen LogP contribution is 2.21. The van der Waals surface area contributed by atoms with Gasteiger partial charge in [0.05, 0.1) is 4.90 Å². The Balaban J connectivity index is 1.58. The Kier molecular flexibility index (Phi) is 5.89. The van der Waals surface area contributed by atoms with E-state index in [1.54, 1.807) is 6.20 Å². The number of nitrogens with one attached hydrogen (secondary N) is 3. The molecule has 3 heterocycles. The van der Waals surface area contributed by atoms with Gasteiger partial charge in [0.25, 0.3) is 0 Å². The van der Waals surface area contributed by atoms with Crippen molar-refractivity contribution >= 4 is 28.4 Å². The van der Waals surface area contributed by atoms with E-state index in [2.05, 4.69) is 36.4 Å². The minimum absolute atomic E-state index is 0.516. The molecule has 0 radical (unpaired) electrons. The first kappa shape index (κ1) is 18.5. The zero-order chi connectivity index (χ0) is 19.2. The van der Waals surface area contributed by atoms with Crippen molar-refractivity contribution in [1.82, 2.24) is 19.7 Å². The summed E-state index contributed by atoms with van der Waals surface area (Å²) in [6.45, 7) is 1.39. The smallest absolute Gasteiger partial charge is 0.229 e. The summed E-state index contributed by atoms with van der Waals surface area (Å²) >= 11 is 0. The molecule has 1 aliphatic rings. The summed E-state index contributed by atoms with van der Waals surface area (Å²) in [5.41, 5.74) is 3.06. The lowest BCUT2D eigenvalue weighted by atomic mass is 10.1. The molecular formula is C20H22N6OS. The predicted octanol–water partition coefficient (Wildman–Crippen LogP) is 2.83. The van der Waals surface area contributed by atoms with Gasteiger partial charge in [-0.05, 0) is 49.1 Å². The van der Waals surface area contributed by atoms with Crippen LogP contribution in [0, 0.1) is 0 Å². The molecule has 28 heavy (non-hydrogen) atoms. The van der Waals surface area contributed by atoms with Crippen LogP contribution in [0.5, 0.6) is 0 Å². The van der Waals surface area contributed by atoms with E-state index in [-0.39, 0.29) is 0 Å². The number of nitrogens with zero attached hydrogens (tertiary/aromatic N) is 3. The van der Waals surface area contributed by atoms with Crippen molar-refractivity contribution in [1.29, 1.82) is 0 Å². The van der Waals surface area contributed by atoms with Crippen LogP contribution < -0.4 is 15.4 Å². The molecule has 2 aromatic heterocycles. The van der Waals surface area contributed by atoms with Crippen LogP contribution in [0.1, 0.15) is 17.5 Å². The zero-order valence-electron chi connectivity index (χ0n) is 15.4. The average molecular weight is 395 g/mol. The number of anilines is 3. The molecule has 0 spiro atoms. The van der Waals surface area contributed by atoms with Crippen molar-refractivity contribution in [3.63, 3.8) is 0 Å². The van der Waals surface area contributed by atoms with Gasteiger partial charge in [-0.25, -0.2) is 13.9 Å². The Hall–Kier alpha value is -2.84. The van der Waals surface area contributed by atoms with Gasteiger partial charge in [-0.1, -0.05) is 12.1 Å². The highest BCUT2D eigenvalue weighted by atomic mass is 32.2. The number of aromatic nitrogens is 3. The molecular weight excluding hydrogens is 372 g/mol. The fraction of sp³-hybridized carbons (Fsp3) is 0.250. The second kappa shape index (κ2) is 8.90. The van der Waals surface area contributed by atoms with Crippen LogP contribution in [0.3, 0.4) is 0 Å². The molecule has 1 atom stereocenters. The number of fused-ring (bicyclic) bond motifs is 4. The van der Waals surface area contributed by atoms with E-state index in [0.29, 0.717) is 12.5 Å². The highest BCUT2D eigenvalue weighted by molar-refractivity contribution is 7.83. The third-order valence-electron chi connectivity index (χ3n) is 4.45. The lowest BCUT2D eigenvalue weighted by Gasteiger charge is -2.13. The summed E-state index contributed by atoms with van der Waals surface area (Å²) in [6.07, 6.45) is 8.07. The summed E-state index contributed by atoms with van der Waals surface area (Å²) in [5.74, 6) is 1.35. The maximum absolute atomic E-state index is 12.4. The fourth-order valence-electron chi connectivity index (χ4n) is 2.99. The SMILES string of the molecule is O=S1NCCCNc2nc(ncc2CCc2cccnc2)Nc2cccc1c2. The van der Waals surface area contributed by atoms with E-state index >= 15 is 0 Å². The van der Waals surface area contributed by atoms with Crippen LogP contribution in [-0.4, -0.2) is 32.3 Å². The molecule has 7 nitrogen and oxygen atoms in total. The lowest BCUT2D eigenvalue weighted by molar-refractivity contribution is 0.669. The van der Waals surface area contributed by atoms with Crippen molar-refractivity contribution in [2.45, 2.75) is 24.2 Å².